The van der Waals surface area contributed by atoms with Gasteiger partial charge in [-0.05, 0) is 56.0 Å². The standard InChI is InChI=1S/C23H30N4O5S/c28-21-4-3-20(22(29)25-21)27-13-16-11-15(1-2-19(16)23(27)30)12-26(17-5-8-24-9-6-17)18-7-10-33(31,32)14-18/h1-2,11,17-18,20,24H,3-10,12-14H2,(H,25,28,29). The number of carbonyl (C=O) groups is 3. The van der Waals surface area contributed by atoms with Crippen LogP contribution >= 0.6 is 0 Å². The fourth-order valence-corrected chi connectivity index (χ4v) is 7.41. The van der Waals surface area contributed by atoms with Crippen LogP contribution < -0.4 is 10.6 Å². The van der Waals surface area contributed by atoms with Crippen molar-refractivity contribution in [3.8, 4) is 0 Å². The van der Waals surface area contributed by atoms with E-state index in [4.69, 9.17) is 0 Å². The maximum atomic E-state index is 13.0. The third kappa shape index (κ3) is 4.56. The lowest BCUT2D eigenvalue weighted by Crippen LogP contribution is -2.52. The summed E-state index contributed by atoms with van der Waals surface area (Å²) in [7, 11) is -2.99. The summed E-state index contributed by atoms with van der Waals surface area (Å²) in [6.07, 6.45) is 3.22. The van der Waals surface area contributed by atoms with Gasteiger partial charge in [0.1, 0.15) is 6.04 Å². The molecule has 0 saturated carbocycles. The quantitative estimate of drug-likeness (QED) is 0.585. The van der Waals surface area contributed by atoms with Crippen molar-refractivity contribution in [1.29, 1.82) is 0 Å². The van der Waals surface area contributed by atoms with Crippen molar-refractivity contribution in [2.45, 2.75) is 63.3 Å². The van der Waals surface area contributed by atoms with E-state index in [1.807, 2.05) is 18.2 Å². The van der Waals surface area contributed by atoms with Crippen molar-refractivity contribution >= 4 is 27.6 Å². The van der Waals surface area contributed by atoms with Gasteiger partial charge in [-0.1, -0.05) is 12.1 Å². The Morgan fingerprint density at radius 1 is 1.03 bits per heavy atom. The van der Waals surface area contributed by atoms with E-state index in [0.29, 0.717) is 37.5 Å². The van der Waals surface area contributed by atoms with Crippen molar-refractivity contribution in [2.24, 2.45) is 0 Å². The van der Waals surface area contributed by atoms with E-state index in [-0.39, 0.29) is 35.8 Å². The van der Waals surface area contributed by atoms with Crippen molar-refractivity contribution in [3.05, 3.63) is 34.9 Å². The number of fused-ring (bicyclic) bond motifs is 1. The van der Waals surface area contributed by atoms with Crippen molar-refractivity contribution in [3.63, 3.8) is 0 Å². The van der Waals surface area contributed by atoms with Gasteiger partial charge < -0.3 is 10.2 Å². The van der Waals surface area contributed by atoms with Gasteiger partial charge in [0.15, 0.2) is 9.84 Å². The minimum absolute atomic E-state index is 0.0213. The molecule has 3 saturated heterocycles. The average Bonchev–Trinajstić information content (AvgIpc) is 3.31. The number of hydrogen-bond donors (Lipinski definition) is 2. The molecule has 10 heteroatoms. The smallest absolute Gasteiger partial charge is 0.255 e. The zero-order valence-electron chi connectivity index (χ0n) is 18.6. The predicted octanol–water partition coefficient (Wildman–Crippen LogP) is 0.189. The normalized spacial score (nSPS) is 27.8. The number of imide groups is 1. The largest absolute Gasteiger partial charge is 0.322 e. The second kappa shape index (κ2) is 8.81. The number of rotatable bonds is 5. The van der Waals surface area contributed by atoms with Crippen LogP contribution in [0.25, 0.3) is 0 Å². The number of hydrogen-bond acceptors (Lipinski definition) is 7. The molecule has 4 aliphatic heterocycles. The third-order valence-corrected chi connectivity index (χ3v) is 9.16. The number of nitrogens with zero attached hydrogens (tertiary/aromatic N) is 2. The number of nitrogens with one attached hydrogen (secondary N) is 2. The van der Waals surface area contributed by atoms with Crippen LogP contribution in [-0.2, 0) is 32.5 Å². The topological polar surface area (TPSA) is 116 Å². The summed E-state index contributed by atoms with van der Waals surface area (Å²) < 4.78 is 24.3. The Labute approximate surface area is 193 Å². The SMILES string of the molecule is O=C1CCC(N2Cc3cc(CN(C4CCNCC4)C4CCS(=O)(=O)C4)ccc3C2=O)C(=O)N1. The van der Waals surface area contributed by atoms with E-state index in [9.17, 15) is 22.8 Å². The lowest BCUT2D eigenvalue weighted by atomic mass is 9.99. The average molecular weight is 475 g/mol. The summed E-state index contributed by atoms with van der Waals surface area (Å²) in [6, 6.07) is 5.53. The van der Waals surface area contributed by atoms with Gasteiger partial charge in [-0.3, -0.25) is 24.6 Å². The minimum atomic E-state index is -2.99. The van der Waals surface area contributed by atoms with E-state index >= 15 is 0 Å². The molecule has 2 atom stereocenters. The third-order valence-electron chi connectivity index (χ3n) is 7.41. The maximum absolute atomic E-state index is 13.0. The van der Waals surface area contributed by atoms with Gasteiger partial charge in [-0.25, -0.2) is 8.42 Å². The first kappa shape index (κ1) is 22.5. The van der Waals surface area contributed by atoms with Crippen LogP contribution in [0.2, 0.25) is 0 Å². The molecule has 4 heterocycles. The molecule has 4 aliphatic rings. The van der Waals surface area contributed by atoms with Crippen LogP contribution in [0.1, 0.15) is 53.6 Å². The van der Waals surface area contributed by atoms with Gasteiger partial charge in [-0.2, -0.15) is 0 Å². The minimum Gasteiger partial charge on any atom is -0.322 e. The van der Waals surface area contributed by atoms with Crippen molar-refractivity contribution < 1.29 is 22.8 Å². The van der Waals surface area contributed by atoms with Crippen LogP contribution in [0.15, 0.2) is 18.2 Å². The highest BCUT2D eigenvalue weighted by Crippen LogP contribution is 2.30. The van der Waals surface area contributed by atoms with Gasteiger partial charge in [0.2, 0.25) is 11.8 Å². The zero-order chi connectivity index (χ0) is 23.2. The van der Waals surface area contributed by atoms with Gasteiger partial charge in [0.25, 0.3) is 5.91 Å². The van der Waals surface area contributed by atoms with Crippen LogP contribution in [0.5, 0.6) is 0 Å². The molecule has 0 aliphatic carbocycles. The summed E-state index contributed by atoms with van der Waals surface area (Å²) in [5, 5.41) is 5.71. The molecule has 1 aromatic rings. The number of piperidine rings is 2. The molecule has 9 nitrogen and oxygen atoms in total. The van der Waals surface area contributed by atoms with Crippen LogP contribution in [0.4, 0.5) is 0 Å². The molecular weight excluding hydrogens is 444 g/mol. The summed E-state index contributed by atoms with van der Waals surface area (Å²) >= 11 is 0. The summed E-state index contributed by atoms with van der Waals surface area (Å²) in [5.74, 6) is -0.424. The first-order chi connectivity index (χ1) is 15.8. The first-order valence-corrected chi connectivity index (χ1v) is 13.6. The lowest BCUT2D eigenvalue weighted by molar-refractivity contribution is -0.136. The molecular formula is C23H30N4O5S. The molecule has 0 bridgehead atoms. The number of benzene rings is 1. The van der Waals surface area contributed by atoms with E-state index < -0.39 is 21.8 Å². The molecule has 0 spiro atoms. The van der Waals surface area contributed by atoms with Crippen LogP contribution in [0.3, 0.4) is 0 Å². The zero-order valence-corrected chi connectivity index (χ0v) is 19.4. The van der Waals surface area contributed by atoms with Gasteiger partial charge in [0, 0.05) is 37.2 Å². The Morgan fingerprint density at radius 3 is 2.52 bits per heavy atom. The molecule has 2 unspecified atom stereocenters. The molecule has 3 amide bonds. The Bertz CT molecular complexity index is 1080. The lowest BCUT2D eigenvalue weighted by Gasteiger charge is -2.38. The van der Waals surface area contributed by atoms with Crippen molar-refractivity contribution in [2.75, 3.05) is 24.6 Å². The highest BCUT2D eigenvalue weighted by Gasteiger charge is 2.40. The fraction of sp³-hybridized carbons (Fsp3) is 0.609. The molecule has 0 aromatic heterocycles. The summed E-state index contributed by atoms with van der Waals surface area (Å²) in [4.78, 5) is 40.7. The van der Waals surface area contributed by atoms with Gasteiger partial charge in [-0.15, -0.1) is 0 Å². The number of sulfone groups is 1. The second-order valence-electron chi connectivity index (χ2n) is 9.60. The molecule has 2 N–H and O–H groups in total. The molecule has 33 heavy (non-hydrogen) atoms. The van der Waals surface area contributed by atoms with E-state index in [2.05, 4.69) is 15.5 Å². The van der Waals surface area contributed by atoms with Gasteiger partial charge >= 0.3 is 0 Å². The van der Waals surface area contributed by atoms with Crippen LogP contribution in [0, 0.1) is 0 Å². The Balaban J connectivity index is 1.35. The van der Waals surface area contributed by atoms with E-state index in [1.54, 1.807) is 4.90 Å². The first-order valence-electron chi connectivity index (χ1n) is 11.7. The molecule has 0 radical (unpaired) electrons. The Morgan fingerprint density at radius 2 is 1.82 bits per heavy atom. The van der Waals surface area contributed by atoms with E-state index in [1.165, 1.54) is 0 Å². The Kier molecular flexibility index (Phi) is 6.00. The summed E-state index contributed by atoms with van der Waals surface area (Å²) in [5.41, 5.74) is 2.53. The number of carbonyl (C=O) groups excluding carboxylic acids is 3. The number of amides is 3. The Hall–Kier alpha value is -2.30. The molecule has 178 valence electrons. The molecule has 5 rings (SSSR count). The van der Waals surface area contributed by atoms with E-state index in [0.717, 1.165) is 37.1 Å². The molecule has 3 fully saturated rings. The maximum Gasteiger partial charge on any atom is 0.255 e. The van der Waals surface area contributed by atoms with Gasteiger partial charge in [0.05, 0.1) is 11.5 Å². The van der Waals surface area contributed by atoms with Crippen LogP contribution in [-0.4, -0.2) is 78.7 Å². The molecule has 1 aromatic carbocycles. The second-order valence-corrected chi connectivity index (χ2v) is 11.8. The fourth-order valence-electron chi connectivity index (χ4n) is 5.67. The van der Waals surface area contributed by atoms with Crippen molar-refractivity contribution in [1.82, 2.24) is 20.4 Å². The predicted molar refractivity (Wildman–Crippen MR) is 121 cm³/mol. The highest BCUT2D eigenvalue weighted by atomic mass is 32.2. The highest BCUT2D eigenvalue weighted by molar-refractivity contribution is 7.91. The summed E-state index contributed by atoms with van der Waals surface area (Å²) in [6.45, 7) is 2.85. The monoisotopic (exact) mass is 474 g/mol.